The molecule has 2 aromatic carbocycles. The lowest BCUT2D eigenvalue weighted by molar-refractivity contribution is -0.126. The van der Waals surface area contributed by atoms with Crippen LogP contribution in [0.3, 0.4) is 0 Å². The Bertz CT molecular complexity index is 1740. The second-order valence-electron chi connectivity index (χ2n) is 9.00. The molecule has 1 aliphatic rings. The van der Waals surface area contributed by atoms with E-state index >= 15 is 8.78 Å². The summed E-state index contributed by atoms with van der Waals surface area (Å²) in [6, 6.07) is 7.19. The van der Waals surface area contributed by atoms with Gasteiger partial charge in [-0.2, -0.15) is 0 Å². The third-order valence-electron chi connectivity index (χ3n) is 6.49. The number of halogens is 2. The fraction of sp³-hybridized carbons (Fsp3) is 0.192. The Balaban J connectivity index is 1.24. The number of carbonyl (C=O) groups excluding carboxylic acids is 1. The minimum atomic E-state index is -0.889. The van der Waals surface area contributed by atoms with E-state index in [1.165, 1.54) is 18.6 Å². The van der Waals surface area contributed by atoms with Gasteiger partial charge in [0, 0.05) is 51.4 Å². The minimum Gasteiger partial charge on any atom is -0.457 e. The van der Waals surface area contributed by atoms with Gasteiger partial charge in [-0.05, 0) is 18.2 Å². The van der Waals surface area contributed by atoms with Crippen molar-refractivity contribution in [3.63, 3.8) is 0 Å². The third kappa shape index (κ3) is 4.70. The summed E-state index contributed by atoms with van der Waals surface area (Å²) in [7, 11) is 1.76. The summed E-state index contributed by atoms with van der Waals surface area (Å²) in [5.74, 6) is -1.09. The number of anilines is 3. The molecule has 3 aromatic heterocycles. The van der Waals surface area contributed by atoms with Crippen LogP contribution in [0.4, 0.5) is 26.2 Å². The van der Waals surface area contributed by atoms with E-state index in [0.717, 1.165) is 17.6 Å². The summed E-state index contributed by atoms with van der Waals surface area (Å²) < 4.78 is 37.5. The van der Waals surface area contributed by atoms with Gasteiger partial charge < -0.3 is 19.9 Å². The molecule has 1 N–H and O–H groups in total. The summed E-state index contributed by atoms with van der Waals surface area (Å²) >= 11 is 0. The molecule has 0 saturated carbocycles. The zero-order chi connectivity index (χ0) is 27.8. The number of benzene rings is 2. The predicted octanol–water partition coefficient (Wildman–Crippen LogP) is 3.35. The Hall–Kier alpha value is -5.27. The van der Waals surface area contributed by atoms with Crippen LogP contribution in [-0.2, 0) is 11.8 Å². The first-order chi connectivity index (χ1) is 19.4. The molecule has 4 heterocycles. The van der Waals surface area contributed by atoms with Gasteiger partial charge in [-0.25, -0.2) is 33.4 Å². The maximum Gasteiger partial charge on any atom is 0.246 e. The molecular formula is C26H22F2N10O2. The smallest absolute Gasteiger partial charge is 0.246 e. The van der Waals surface area contributed by atoms with Crippen molar-refractivity contribution in [3.8, 4) is 11.5 Å². The van der Waals surface area contributed by atoms with Crippen molar-refractivity contribution in [1.82, 2.24) is 39.8 Å². The number of nitrogens with one attached hydrogen (secondary N) is 1. The van der Waals surface area contributed by atoms with E-state index in [1.807, 2.05) is 4.90 Å². The SMILES string of the molecule is C=CC(=O)N1CCN(c2ncc3ncnc(Nc4c(F)cc(Oc5ccc6c(c5)nnn6C)cc4F)c3n2)CC1. The van der Waals surface area contributed by atoms with Gasteiger partial charge in [0.05, 0.1) is 11.7 Å². The van der Waals surface area contributed by atoms with Gasteiger partial charge >= 0.3 is 0 Å². The summed E-state index contributed by atoms with van der Waals surface area (Å²) in [6.45, 7) is 5.51. The van der Waals surface area contributed by atoms with Crippen molar-refractivity contribution >= 4 is 45.4 Å². The van der Waals surface area contributed by atoms with Gasteiger partial charge in [-0.15, -0.1) is 5.10 Å². The highest BCUT2D eigenvalue weighted by Crippen LogP contribution is 2.32. The molecule has 0 atom stereocenters. The van der Waals surface area contributed by atoms with Crippen LogP contribution in [0.15, 0.2) is 55.5 Å². The number of aryl methyl sites for hydroxylation is 1. The molecule has 40 heavy (non-hydrogen) atoms. The number of rotatable bonds is 6. The number of hydrogen-bond donors (Lipinski definition) is 1. The standard InChI is InChI=1S/C26H22F2N10O2/c1-3-22(39)37-6-8-38(9-7-37)26-29-13-20-24(33-26)25(31-14-30-20)32-23-17(27)10-16(11-18(23)28)40-15-4-5-21-19(12-15)34-35-36(21)2/h3-5,10-14H,1,6-9H2,2H3,(H,30,31,32). The summed E-state index contributed by atoms with van der Waals surface area (Å²) in [5, 5.41) is 10.7. The number of hydrogen-bond acceptors (Lipinski definition) is 10. The zero-order valence-corrected chi connectivity index (χ0v) is 21.3. The van der Waals surface area contributed by atoms with Crippen LogP contribution in [0.5, 0.6) is 11.5 Å². The highest BCUT2D eigenvalue weighted by atomic mass is 19.1. The van der Waals surface area contributed by atoms with E-state index in [-0.39, 0.29) is 23.0 Å². The van der Waals surface area contributed by atoms with Crippen molar-refractivity contribution in [2.45, 2.75) is 0 Å². The van der Waals surface area contributed by atoms with Crippen molar-refractivity contribution in [3.05, 3.63) is 67.1 Å². The molecule has 202 valence electrons. The normalized spacial score (nSPS) is 13.6. The quantitative estimate of drug-likeness (QED) is 0.318. The molecule has 0 spiro atoms. The topological polar surface area (TPSA) is 127 Å². The predicted molar refractivity (Wildman–Crippen MR) is 142 cm³/mol. The molecule has 14 heteroatoms. The first kappa shape index (κ1) is 25.0. The van der Waals surface area contributed by atoms with Gasteiger partial charge in [-0.3, -0.25) is 4.79 Å². The highest BCUT2D eigenvalue weighted by Gasteiger charge is 2.22. The maximum absolute atomic E-state index is 15.1. The molecule has 6 rings (SSSR count). The second kappa shape index (κ2) is 10.1. The molecule has 1 amide bonds. The van der Waals surface area contributed by atoms with E-state index in [0.29, 0.717) is 48.9 Å². The number of ether oxygens (including phenoxy) is 1. The van der Waals surface area contributed by atoms with E-state index < -0.39 is 17.3 Å². The molecule has 1 fully saturated rings. The number of fused-ring (bicyclic) bond motifs is 2. The number of carbonyl (C=O) groups is 1. The molecule has 12 nitrogen and oxygen atoms in total. The number of aromatic nitrogens is 7. The van der Waals surface area contributed by atoms with Gasteiger partial charge in [-0.1, -0.05) is 11.8 Å². The van der Waals surface area contributed by atoms with E-state index in [4.69, 9.17) is 4.74 Å². The molecule has 1 saturated heterocycles. The van der Waals surface area contributed by atoms with Crippen LogP contribution >= 0.6 is 0 Å². The first-order valence-electron chi connectivity index (χ1n) is 12.3. The average molecular weight is 545 g/mol. The average Bonchev–Trinajstić information content (AvgIpc) is 3.34. The Morgan fingerprint density at radius 2 is 1.80 bits per heavy atom. The number of nitrogens with zero attached hydrogens (tertiary/aromatic N) is 9. The fourth-order valence-corrected chi connectivity index (χ4v) is 4.41. The molecule has 0 unspecified atom stereocenters. The Kier molecular flexibility index (Phi) is 6.34. The van der Waals surface area contributed by atoms with Crippen LogP contribution in [0.25, 0.3) is 22.1 Å². The van der Waals surface area contributed by atoms with Crippen LogP contribution in [0.2, 0.25) is 0 Å². The molecule has 0 radical (unpaired) electrons. The summed E-state index contributed by atoms with van der Waals surface area (Å²) in [6.07, 6.45) is 4.06. The van der Waals surface area contributed by atoms with Crippen LogP contribution in [-0.4, -0.2) is 71.9 Å². The van der Waals surface area contributed by atoms with Crippen molar-refractivity contribution in [1.29, 1.82) is 0 Å². The van der Waals surface area contributed by atoms with Gasteiger partial charge in [0.25, 0.3) is 0 Å². The molecular weight excluding hydrogens is 522 g/mol. The zero-order valence-electron chi connectivity index (χ0n) is 21.3. The molecule has 0 bridgehead atoms. The maximum atomic E-state index is 15.1. The summed E-state index contributed by atoms with van der Waals surface area (Å²) in [4.78, 5) is 32.7. The van der Waals surface area contributed by atoms with E-state index in [2.05, 4.69) is 42.1 Å². The largest absolute Gasteiger partial charge is 0.457 e. The Morgan fingerprint density at radius 1 is 1.02 bits per heavy atom. The van der Waals surface area contributed by atoms with Crippen LogP contribution in [0, 0.1) is 11.6 Å². The van der Waals surface area contributed by atoms with E-state index in [9.17, 15) is 4.79 Å². The lowest BCUT2D eigenvalue weighted by atomic mass is 10.2. The van der Waals surface area contributed by atoms with Gasteiger partial charge in [0.15, 0.2) is 17.5 Å². The third-order valence-corrected chi connectivity index (χ3v) is 6.49. The summed E-state index contributed by atoms with van der Waals surface area (Å²) in [5.41, 5.74) is 1.63. The second-order valence-corrected chi connectivity index (χ2v) is 9.00. The van der Waals surface area contributed by atoms with Crippen LogP contribution in [0.1, 0.15) is 0 Å². The van der Waals surface area contributed by atoms with Gasteiger partial charge in [0.2, 0.25) is 11.9 Å². The molecule has 1 aliphatic heterocycles. The Morgan fingerprint density at radius 3 is 2.55 bits per heavy atom. The first-order valence-corrected chi connectivity index (χ1v) is 12.3. The van der Waals surface area contributed by atoms with E-state index in [1.54, 1.807) is 34.8 Å². The highest BCUT2D eigenvalue weighted by molar-refractivity contribution is 5.88. The fourth-order valence-electron chi connectivity index (χ4n) is 4.41. The van der Waals surface area contributed by atoms with Crippen LogP contribution < -0.4 is 15.0 Å². The lowest BCUT2D eigenvalue weighted by Crippen LogP contribution is -2.48. The monoisotopic (exact) mass is 544 g/mol. The van der Waals surface area contributed by atoms with Crippen molar-refractivity contribution in [2.24, 2.45) is 7.05 Å². The number of amides is 1. The van der Waals surface area contributed by atoms with Gasteiger partial charge in [0.1, 0.15) is 40.1 Å². The lowest BCUT2D eigenvalue weighted by Gasteiger charge is -2.34. The van der Waals surface area contributed by atoms with Crippen molar-refractivity contribution < 1.29 is 18.3 Å². The molecule has 5 aromatic rings. The Labute approximate surface area is 225 Å². The number of piperazine rings is 1. The molecule has 0 aliphatic carbocycles. The van der Waals surface area contributed by atoms with Crippen molar-refractivity contribution in [2.75, 3.05) is 36.4 Å². The minimum absolute atomic E-state index is 0.0324.